The van der Waals surface area contributed by atoms with Crippen molar-refractivity contribution in [2.45, 2.75) is 19.8 Å². The zero-order valence-electron chi connectivity index (χ0n) is 16.6. The van der Waals surface area contributed by atoms with Crippen molar-refractivity contribution in [2.75, 3.05) is 21.3 Å². The number of carbonyl (C=O) groups is 2. The second kappa shape index (κ2) is 7.76. The maximum absolute atomic E-state index is 12.7. The van der Waals surface area contributed by atoms with E-state index >= 15 is 0 Å². The predicted octanol–water partition coefficient (Wildman–Crippen LogP) is 3.43. The Morgan fingerprint density at radius 2 is 1.43 bits per heavy atom. The summed E-state index contributed by atoms with van der Waals surface area (Å²) in [5.41, 5.74) is 2.67. The Hall–Kier alpha value is -3.28. The molecule has 1 heterocycles. The van der Waals surface area contributed by atoms with Crippen LogP contribution in [0.15, 0.2) is 58.9 Å². The average molecular weight is 381 g/mol. The number of rotatable bonds is 4. The fourth-order valence-electron chi connectivity index (χ4n) is 3.80. The molecule has 6 nitrogen and oxygen atoms in total. The van der Waals surface area contributed by atoms with Crippen LogP contribution in [0.3, 0.4) is 0 Å². The third-order valence-corrected chi connectivity index (χ3v) is 5.01. The van der Waals surface area contributed by atoms with Crippen LogP contribution in [0.2, 0.25) is 0 Å². The second-order valence-electron chi connectivity index (χ2n) is 6.52. The van der Waals surface area contributed by atoms with Gasteiger partial charge >= 0.3 is 11.9 Å². The maximum atomic E-state index is 12.7. The molecular formula is C22H23NO5. The number of dihydropyridines is 1. The van der Waals surface area contributed by atoms with Crippen LogP contribution in [-0.4, -0.2) is 33.3 Å². The molecule has 0 atom stereocenters. The van der Waals surface area contributed by atoms with Gasteiger partial charge in [-0.15, -0.1) is 0 Å². The predicted molar refractivity (Wildman–Crippen MR) is 106 cm³/mol. The molecule has 0 unspecified atom stereocenters. The Bertz CT molecular complexity index is 981. The Kier molecular flexibility index (Phi) is 5.40. The fourth-order valence-corrected chi connectivity index (χ4v) is 3.80. The molecule has 0 spiro atoms. The highest BCUT2D eigenvalue weighted by molar-refractivity contribution is 6.02. The van der Waals surface area contributed by atoms with Gasteiger partial charge in [0.1, 0.15) is 5.75 Å². The summed E-state index contributed by atoms with van der Waals surface area (Å²) in [5.74, 6) is -1.14. The van der Waals surface area contributed by atoms with Gasteiger partial charge in [-0.25, -0.2) is 9.59 Å². The summed E-state index contributed by atoms with van der Waals surface area (Å²) in [6.07, 6.45) is 0. The lowest BCUT2D eigenvalue weighted by Gasteiger charge is -2.31. The summed E-state index contributed by atoms with van der Waals surface area (Å²) in [6.45, 7) is 3.57. The molecular weight excluding hydrogens is 358 g/mol. The molecule has 1 aliphatic rings. The minimum absolute atomic E-state index is 0.350. The molecule has 0 saturated heterocycles. The molecule has 0 radical (unpaired) electrons. The first kappa shape index (κ1) is 19.5. The number of allylic oxidation sites excluding steroid dienone is 2. The SMILES string of the molecule is COC(=O)C1=C(C)NC(C)=C(C(=O)OC)C1c1c(OC)ccc2ccccc12. The normalized spacial score (nSPS) is 14.8. The molecule has 2 aromatic carbocycles. The smallest absolute Gasteiger partial charge is 0.336 e. The molecule has 0 aliphatic carbocycles. The van der Waals surface area contributed by atoms with Crippen LogP contribution in [0, 0.1) is 0 Å². The Labute approximate surface area is 163 Å². The van der Waals surface area contributed by atoms with Crippen molar-refractivity contribution in [1.29, 1.82) is 0 Å². The molecule has 0 fully saturated rings. The van der Waals surface area contributed by atoms with E-state index in [9.17, 15) is 9.59 Å². The van der Waals surface area contributed by atoms with Crippen molar-refractivity contribution in [1.82, 2.24) is 5.32 Å². The summed E-state index contributed by atoms with van der Waals surface area (Å²) >= 11 is 0. The monoisotopic (exact) mass is 381 g/mol. The highest BCUT2D eigenvalue weighted by Gasteiger charge is 2.39. The number of ether oxygens (including phenoxy) is 3. The first-order chi connectivity index (χ1) is 13.4. The van der Waals surface area contributed by atoms with Gasteiger partial charge < -0.3 is 19.5 Å². The van der Waals surface area contributed by atoms with Crippen LogP contribution in [-0.2, 0) is 19.1 Å². The molecule has 28 heavy (non-hydrogen) atoms. The van der Waals surface area contributed by atoms with Gasteiger partial charge in [0, 0.05) is 17.0 Å². The number of carbonyl (C=O) groups excluding carboxylic acids is 2. The summed E-state index contributed by atoms with van der Waals surface area (Å²) in [4.78, 5) is 25.4. The molecule has 0 amide bonds. The zero-order valence-corrected chi connectivity index (χ0v) is 16.6. The van der Waals surface area contributed by atoms with Gasteiger partial charge in [-0.1, -0.05) is 30.3 Å². The highest BCUT2D eigenvalue weighted by Crippen LogP contribution is 2.45. The maximum Gasteiger partial charge on any atom is 0.336 e. The summed E-state index contributed by atoms with van der Waals surface area (Å²) in [6, 6.07) is 11.6. The number of esters is 2. The van der Waals surface area contributed by atoms with E-state index in [1.165, 1.54) is 14.2 Å². The van der Waals surface area contributed by atoms with Crippen LogP contribution >= 0.6 is 0 Å². The quantitative estimate of drug-likeness (QED) is 0.818. The first-order valence-corrected chi connectivity index (χ1v) is 8.85. The topological polar surface area (TPSA) is 73.9 Å². The molecule has 0 aromatic heterocycles. The molecule has 2 aromatic rings. The minimum atomic E-state index is -0.692. The number of benzene rings is 2. The Balaban J connectivity index is 2.42. The Morgan fingerprint density at radius 1 is 0.857 bits per heavy atom. The van der Waals surface area contributed by atoms with Crippen LogP contribution in [0.4, 0.5) is 0 Å². The van der Waals surface area contributed by atoms with Gasteiger partial charge in [0.2, 0.25) is 0 Å². The molecule has 0 bridgehead atoms. The average Bonchev–Trinajstić information content (AvgIpc) is 2.71. The van der Waals surface area contributed by atoms with E-state index in [1.54, 1.807) is 21.0 Å². The van der Waals surface area contributed by atoms with E-state index < -0.39 is 17.9 Å². The minimum Gasteiger partial charge on any atom is -0.496 e. The van der Waals surface area contributed by atoms with Crippen molar-refractivity contribution in [2.24, 2.45) is 0 Å². The molecule has 3 rings (SSSR count). The summed E-state index contributed by atoms with van der Waals surface area (Å²) in [5, 5.41) is 4.97. The van der Waals surface area contributed by atoms with E-state index in [1.807, 2.05) is 36.4 Å². The lowest BCUT2D eigenvalue weighted by Crippen LogP contribution is -2.32. The standard InChI is InChI=1S/C22H23NO5/c1-12-17(21(24)27-4)20(18(13(2)23-12)22(25)28-5)19-15-9-7-6-8-14(15)10-11-16(19)26-3/h6-11,20,23H,1-5H3. The van der Waals surface area contributed by atoms with Crippen molar-refractivity contribution >= 4 is 22.7 Å². The molecule has 1 aliphatic heterocycles. The third-order valence-electron chi connectivity index (χ3n) is 5.01. The molecule has 146 valence electrons. The zero-order chi connectivity index (χ0) is 20.4. The largest absolute Gasteiger partial charge is 0.496 e. The van der Waals surface area contributed by atoms with E-state index in [-0.39, 0.29) is 0 Å². The lowest BCUT2D eigenvalue weighted by atomic mass is 9.78. The number of fused-ring (bicyclic) bond motifs is 1. The fraction of sp³-hybridized carbons (Fsp3) is 0.273. The second-order valence-corrected chi connectivity index (χ2v) is 6.52. The van der Waals surface area contributed by atoms with Crippen LogP contribution in [0.1, 0.15) is 25.3 Å². The van der Waals surface area contributed by atoms with Gasteiger partial charge in [0.15, 0.2) is 0 Å². The van der Waals surface area contributed by atoms with E-state index in [4.69, 9.17) is 14.2 Å². The van der Waals surface area contributed by atoms with E-state index in [0.717, 1.165) is 16.3 Å². The third kappa shape index (κ3) is 3.11. The van der Waals surface area contributed by atoms with Gasteiger partial charge in [-0.3, -0.25) is 0 Å². The number of methoxy groups -OCH3 is 3. The number of hydrogen-bond acceptors (Lipinski definition) is 6. The number of hydrogen-bond donors (Lipinski definition) is 1. The van der Waals surface area contributed by atoms with Crippen molar-refractivity contribution in [3.05, 3.63) is 64.5 Å². The highest BCUT2D eigenvalue weighted by atomic mass is 16.5. The summed E-state index contributed by atoms with van der Waals surface area (Å²) in [7, 11) is 4.21. The van der Waals surface area contributed by atoms with Crippen LogP contribution < -0.4 is 10.1 Å². The van der Waals surface area contributed by atoms with Crippen molar-refractivity contribution in [3.63, 3.8) is 0 Å². The lowest BCUT2D eigenvalue weighted by molar-refractivity contribution is -0.137. The van der Waals surface area contributed by atoms with Crippen molar-refractivity contribution in [3.8, 4) is 5.75 Å². The molecule has 0 saturated carbocycles. The Morgan fingerprint density at radius 3 is 1.96 bits per heavy atom. The van der Waals surface area contributed by atoms with Gasteiger partial charge in [-0.2, -0.15) is 0 Å². The van der Waals surface area contributed by atoms with Gasteiger partial charge in [-0.05, 0) is 30.7 Å². The molecule has 6 heteroatoms. The van der Waals surface area contributed by atoms with Crippen LogP contribution in [0.5, 0.6) is 5.75 Å². The van der Waals surface area contributed by atoms with Gasteiger partial charge in [0.25, 0.3) is 0 Å². The summed E-state index contributed by atoms with van der Waals surface area (Å²) < 4.78 is 15.7. The van der Waals surface area contributed by atoms with E-state index in [0.29, 0.717) is 28.3 Å². The number of nitrogens with one attached hydrogen (secondary N) is 1. The van der Waals surface area contributed by atoms with E-state index in [2.05, 4.69) is 5.32 Å². The van der Waals surface area contributed by atoms with Gasteiger partial charge in [0.05, 0.1) is 38.4 Å². The van der Waals surface area contributed by atoms with Crippen molar-refractivity contribution < 1.29 is 23.8 Å². The van der Waals surface area contributed by atoms with Crippen LogP contribution in [0.25, 0.3) is 10.8 Å². The molecule has 1 N–H and O–H groups in total. The first-order valence-electron chi connectivity index (χ1n) is 8.85.